The van der Waals surface area contributed by atoms with Crippen molar-refractivity contribution in [3.05, 3.63) is 101 Å². The lowest BCUT2D eigenvalue weighted by molar-refractivity contribution is -0.132. The molecule has 4 atom stereocenters. The third-order valence-electron chi connectivity index (χ3n) is 9.26. The van der Waals surface area contributed by atoms with Crippen LogP contribution in [0.2, 0.25) is 0 Å². The van der Waals surface area contributed by atoms with Crippen molar-refractivity contribution in [2.24, 2.45) is 11.8 Å². The largest absolute Gasteiger partial charge is 0.497 e. The van der Waals surface area contributed by atoms with E-state index in [1.165, 1.54) is 29.7 Å². The quantitative estimate of drug-likeness (QED) is 0.100. The van der Waals surface area contributed by atoms with Crippen molar-refractivity contribution in [1.82, 2.24) is 25.8 Å². The molecule has 1 aliphatic heterocycles. The lowest BCUT2D eigenvalue weighted by Crippen LogP contribution is -2.44. The molecular weight excluding hydrogens is 762 g/mol. The topological polar surface area (TPSA) is 151 Å². The molecule has 58 heavy (non-hydrogen) atoms. The zero-order chi connectivity index (χ0) is 43.0. The van der Waals surface area contributed by atoms with Gasteiger partial charge in [0.25, 0.3) is 0 Å². The predicted molar refractivity (Wildman–Crippen MR) is 227 cm³/mol. The lowest BCUT2D eigenvalue weighted by Gasteiger charge is -2.25. The number of halogens is 1. The van der Waals surface area contributed by atoms with Gasteiger partial charge in [0.15, 0.2) is 0 Å². The van der Waals surface area contributed by atoms with Crippen molar-refractivity contribution in [3.63, 3.8) is 0 Å². The second kappa shape index (κ2) is 22.7. The normalized spacial score (nSPS) is 15.2. The number of carbonyl (C=O) groups is 3. The maximum atomic E-state index is 13.4. The summed E-state index contributed by atoms with van der Waals surface area (Å²) in [6.07, 6.45) is 0.972. The van der Waals surface area contributed by atoms with E-state index in [2.05, 4.69) is 41.4 Å². The summed E-state index contributed by atoms with van der Waals surface area (Å²) in [6, 6.07) is 19.0. The van der Waals surface area contributed by atoms with Crippen LogP contribution in [-0.4, -0.2) is 77.9 Å². The summed E-state index contributed by atoms with van der Waals surface area (Å²) in [5.74, 6) is 0.934. The molecule has 12 nitrogen and oxygen atoms in total. The van der Waals surface area contributed by atoms with Crippen molar-refractivity contribution in [3.8, 4) is 11.5 Å². The van der Waals surface area contributed by atoms with E-state index in [1.807, 2.05) is 71.0 Å². The number of methoxy groups -OCH3 is 2. The number of hydrogen-bond donors (Lipinski definition) is 4. The van der Waals surface area contributed by atoms with Gasteiger partial charge in [0, 0.05) is 36.7 Å². The van der Waals surface area contributed by atoms with E-state index in [0.717, 1.165) is 21.3 Å². The molecule has 316 valence electrons. The fraction of sp³-hybridized carbons (Fsp3) is 0.455. The van der Waals surface area contributed by atoms with Crippen LogP contribution in [0.25, 0.3) is 10.2 Å². The number of aromatic nitrogens is 1. The summed E-state index contributed by atoms with van der Waals surface area (Å²) in [7, 11) is 3.18. The summed E-state index contributed by atoms with van der Waals surface area (Å²) in [5.41, 5.74) is 2.34. The Kier molecular flexibility index (Phi) is 18.4. The molecular formula is C44H60FN5O7S. The molecule has 3 amide bonds. The number of likely N-dealkylation sites (tertiary alicyclic amines) is 1. The van der Waals surface area contributed by atoms with E-state index >= 15 is 0 Å². The number of benzene rings is 3. The summed E-state index contributed by atoms with van der Waals surface area (Å²) in [4.78, 5) is 43.5. The second-order valence-electron chi connectivity index (χ2n) is 15.4. The molecule has 0 spiro atoms. The van der Waals surface area contributed by atoms with Gasteiger partial charge in [0.05, 0.1) is 37.0 Å². The Bertz CT molecular complexity index is 1880. The number of aryl methyl sites for hydroxylation is 1. The highest BCUT2D eigenvalue weighted by atomic mass is 32.1. The molecule has 1 saturated heterocycles. The van der Waals surface area contributed by atoms with E-state index in [0.29, 0.717) is 48.4 Å². The molecule has 1 aromatic heterocycles. The summed E-state index contributed by atoms with van der Waals surface area (Å²) in [5, 5.41) is 20.2. The van der Waals surface area contributed by atoms with E-state index in [-0.39, 0.29) is 42.2 Å². The Labute approximate surface area is 346 Å². The second-order valence-corrected chi connectivity index (χ2v) is 16.4. The number of carbonyl (C=O) groups excluding carboxylic acids is 3. The minimum absolute atomic E-state index is 0.0159. The molecule has 0 aliphatic carbocycles. The number of rotatable bonds is 14. The van der Waals surface area contributed by atoms with Crippen LogP contribution in [0.3, 0.4) is 0 Å². The molecule has 4 aromatic rings. The average Bonchev–Trinajstić information content (AvgIpc) is 3.77. The molecule has 1 fully saturated rings. The van der Waals surface area contributed by atoms with Gasteiger partial charge in [-0.05, 0) is 96.0 Å². The van der Waals surface area contributed by atoms with Gasteiger partial charge >= 0.3 is 6.09 Å². The minimum atomic E-state index is -1.05. The number of aliphatic hydroxyl groups excluding tert-OH is 1. The first-order chi connectivity index (χ1) is 27.4. The first-order valence-electron chi connectivity index (χ1n) is 19.3. The van der Waals surface area contributed by atoms with E-state index in [4.69, 9.17) is 14.2 Å². The minimum Gasteiger partial charge on any atom is -0.497 e. The summed E-state index contributed by atoms with van der Waals surface area (Å²) < 4.78 is 28.9. The van der Waals surface area contributed by atoms with E-state index < -0.39 is 17.7 Å². The zero-order valence-electron chi connectivity index (χ0n) is 35.1. The molecule has 0 radical (unpaired) electrons. The SMILES string of the molecule is C=CNCC(=O)NC(CC1CCN(Cc2ccc(OC)cc2OC)C1=O)C(O)c1nc2ccccc2s1.CC(C)C(C)NC(=O)OC(C)(C)C.Cc1ccc(F)cc1. The molecule has 5 rings (SSSR count). The van der Waals surface area contributed by atoms with Crippen LogP contribution in [0.1, 0.15) is 76.6 Å². The van der Waals surface area contributed by atoms with Gasteiger partial charge in [-0.3, -0.25) is 9.59 Å². The van der Waals surface area contributed by atoms with Crippen molar-refractivity contribution in [2.45, 2.75) is 91.6 Å². The van der Waals surface area contributed by atoms with Crippen LogP contribution < -0.4 is 25.4 Å². The summed E-state index contributed by atoms with van der Waals surface area (Å²) >= 11 is 1.38. The average molecular weight is 822 g/mol. The van der Waals surface area contributed by atoms with Crippen molar-refractivity contribution < 1.29 is 38.1 Å². The third-order valence-corrected chi connectivity index (χ3v) is 10.4. The molecule has 4 N–H and O–H groups in total. The molecule has 4 unspecified atom stereocenters. The highest BCUT2D eigenvalue weighted by Gasteiger charge is 2.37. The lowest BCUT2D eigenvalue weighted by atomic mass is 9.95. The number of para-hydroxylation sites is 1. The highest BCUT2D eigenvalue weighted by Crippen LogP contribution is 2.34. The Morgan fingerprint density at radius 1 is 1.05 bits per heavy atom. The van der Waals surface area contributed by atoms with Crippen LogP contribution in [0, 0.1) is 24.6 Å². The van der Waals surface area contributed by atoms with Crippen molar-refractivity contribution in [2.75, 3.05) is 27.3 Å². The van der Waals surface area contributed by atoms with E-state index in [1.54, 1.807) is 37.3 Å². The highest BCUT2D eigenvalue weighted by molar-refractivity contribution is 7.18. The van der Waals surface area contributed by atoms with Gasteiger partial charge in [-0.2, -0.15) is 0 Å². The maximum absolute atomic E-state index is 13.4. The van der Waals surface area contributed by atoms with Gasteiger partial charge in [0.1, 0.15) is 34.0 Å². The zero-order valence-corrected chi connectivity index (χ0v) is 36.0. The van der Waals surface area contributed by atoms with Gasteiger partial charge in [-0.15, -0.1) is 11.3 Å². The van der Waals surface area contributed by atoms with Crippen LogP contribution in [-0.2, 0) is 20.9 Å². The van der Waals surface area contributed by atoms with E-state index in [9.17, 15) is 23.9 Å². The number of fused-ring (bicyclic) bond motifs is 1. The molecule has 0 bridgehead atoms. The Morgan fingerprint density at radius 3 is 2.33 bits per heavy atom. The van der Waals surface area contributed by atoms with Crippen LogP contribution >= 0.6 is 11.3 Å². The van der Waals surface area contributed by atoms with Gasteiger partial charge in [-0.1, -0.05) is 50.3 Å². The number of nitrogens with one attached hydrogen (secondary N) is 3. The number of aliphatic hydroxyl groups is 1. The number of nitrogens with zero attached hydrogens (tertiary/aromatic N) is 2. The van der Waals surface area contributed by atoms with Crippen LogP contribution in [0.15, 0.2) is 79.5 Å². The Balaban J connectivity index is 0.000000350. The van der Waals surface area contributed by atoms with Gasteiger partial charge in [0.2, 0.25) is 11.8 Å². The third kappa shape index (κ3) is 15.3. The van der Waals surface area contributed by atoms with Gasteiger partial charge in [-0.25, -0.2) is 14.2 Å². The number of amides is 3. The molecule has 3 aromatic carbocycles. The first-order valence-corrected chi connectivity index (χ1v) is 20.1. The Morgan fingerprint density at radius 2 is 1.74 bits per heavy atom. The smallest absolute Gasteiger partial charge is 0.407 e. The Hall–Kier alpha value is -5.21. The fourth-order valence-corrected chi connectivity index (χ4v) is 6.76. The number of thiazole rings is 1. The fourth-order valence-electron chi connectivity index (χ4n) is 5.75. The monoisotopic (exact) mass is 821 g/mol. The maximum Gasteiger partial charge on any atom is 0.407 e. The number of alkyl carbamates (subject to hydrolysis) is 1. The first kappa shape index (κ1) is 47.2. The van der Waals surface area contributed by atoms with Crippen LogP contribution in [0.5, 0.6) is 11.5 Å². The molecule has 0 saturated carbocycles. The van der Waals surface area contributed by atoms with Gasteiger partial charge < -0.3 is 40.2 Å². The molecule has 1 aliphatic rings. The molecule has 14 heteroatoms. The van der Waals surface area contributed by atoms with Crippen molar-refractivity contribution >= 4 is 39.5 Å². The van der Waals surface area contributed by atoms with Crippen LogP contribution in [0.4, 0.5) is 9.18 Å². The summed E-state index contributed by atoms with van der Waals surface area (Å²) in [6.45, 7) is 18.1. The number of ether oxygens (including phenoxy) is 3. The molecule has 2 heterocycles. The number of hydrogen-bond acceptors (Lipinski definition) is 10. The predicted octanol–water partition coefficient (Wildman–Crippen LogP) is 7.69. The van der Waals surface area contributed by atoms with Crippen molar-refractivity contribution in [1.29, 1.82) is 0 Å². The standard InChI is InChI=1S/C27H32N4O5S.C10H21NO2.C7H7F/c1-4-28-15-24(32)29-21(25(33)26-30-20-7-5-6-8-23(20)37-26)13-17-11-12-31(27(17)34)16-18-9-10-19(35-2)14-22(18)36-3;1-7(2)8(3)11-9(12)13-10(4,5)6;1-6-2-4-7(8)5-3-6/h4-10,14,17,21,25,28,33H,1,11-13,15-16H2,2-3H3,(H,29,32);7-8H,1-6H3,(H,11,12);2-5H,1H3.